The fourth-order valence-corrected chi connectivity index (χ4v) is 2.63. The van der Waals surface area contributed by atoms with Crippen LogP contribution < -0.4 is 5.32 Å². The number of hydrogen-bond acceptors (Lipinski definition) is 4. The largest absolute Gasteiger partial charge is 0.463 e. The fraction of sp³-hybridized carbons (Fsp3) is 0.941. The SMILES string of the molecule is CCCCCCCCCC(=O)OCCOC1CCNCC1. The van der Waals surface area contributed by atoms with E-state index in [1.807, 2.05) is 0 Å². The van der Waals surface area contributed by atoms with Crippen LogP contribution in [-0.2, 0) is 14.3 Å². The number of esters is 1. The molecule has 0 unspecified atom stereocenters. The molecule has 0 bridgehead atoms. The molecule has 0 atom stereocenters. The summed E-state index contributed by atoms with van der Waals surface area (Å²) in [7, 11) is 0. The van der Waals surface area contributed by atoms with Crippen molar-refractivity contribution in [3.05, 3.63) is 0 Å². The van der Waals surface area contributed by atoms with Gasteiger partial charge in [0.1, 0.15) is 6.61 Å². The topological polar surface area (TPSA) is 47.6 Å². The molecule has 124 valence electrons. The van der Waals surface area contributed by atoms with Crippen molar-refractivity contribution >= 4 is 5.97 Å². The standard InChI is InChI=1S/C17H33NO3/c1-2-3-4-5-6-7-8-9-17(19)21-15-14-20-16-10-12-18-13-11-16/h16,18H,2-15H2,1H3. The second-order valence-corrected chi connectivity index (χ2v) is 5.91. The molecule has 21 heavy (non-hydrogen) atoms. The van der Waals surface area contributed by atoms with Gasteiger partial charge in [0, 0.05) is 6.42 Å². The Morgan fingerprint density at radius 2 is 1.67 bits per heavy atom. The summed E-state index contributed by atoms with van der Waals surface area (Å²) in [4.78, 5) is 11.5. The number of nitrogens with one attached hydrogen (secondary N) is 1. The van der Waals surface area contributed by atoms with E-state index in [1.54, 1.807) is 0 Å². The molecule has 1 saturated heterocycles. The highest BCUT2D eigenvalue weighted by atomic mass is 16.6. The van der Waals surface area contributed by atoms with Gasteiger partial charge in [-0.05, 0) is 32.4 Å². The van der Waals surface area contributed by atoms with Gasteiger partial charge in [0.05, 0.1) is 12.7 Å². The quantitative estimate of drug-likeness (QED) is 0.443. The summed E-state index contributed by atoms with van der Waals surface area (Å²) in [6, 6.07) is 0. The molecule has 1 N–H and O–H groups in total. The van der Waals surface area contributed by atoms with E-state index in [-0.39, 0.29) is 5.97 Å². The Labute approximate surface area is 130 Å². The van der Waals surface area contributed by atoms with E-state index in [4.69, 9.17) is 9.47 Å². The summed E-state index contributed by atoms with van der Waals surface area (Å²) in [6.07, 6.45) is 11.6. The normalized spacial score (nSPS) is 16.0. The lowest BCUT2D eigenvalue weighted by atomic mass is 10.1. The van der Waals surface area contributed by atoms with Crippen LogP contribution in [0, 0.1) is 0 Å². The van der Waals surface area contributed by atoms with E-state index in [9.17, 15) is 4.79 Å². The molecule has 4 nitrogen and oxygen atoms in total. The van der Waals surface area contributed by atoms with Gasteiger partial charge in [-0.3, -0.25) is 4.79 Å². The highest BCUT2D eigenvalue weighted by Crippen LogP contribution is 2.09. The van der Waals surface area contributed by atoms with Crippen LogP contribution in [0.1, 0.15) is 71.1 Å². The summed E-state index contributed by atoms with van der Waals surface area (Å²) in [5, 5.41) is 3.30. The predicted molar refractivity (Wildman–Crippen MR) is 85.4 cm³/mol. The van der Waals surface area contributed by atoms with Gasteiger partial charge in [-0.25, -0.2) is 0 Å². The van der Waals surface area contributed by atoms with Crippen LogP contribution >= 0.6 is 0 Å². The number of rotatable bonds is 12. The van der Waals surface area contributed by atoms with Crippen molar-refractivity contribution in [2.45, 2.75) is 77.2 Å². The molecular weight excluding hydrogens is 266 g/mol. The number of ether oxygens (including phenoxy) is 2. The number of hydrogen-bond donors (Lipinski definition) is 1. The maximum atomic E-state index is 11.5. The number of carbonyl (C=O) groups excluding carboxylic acids is 1. The first-order chi connectivity index (χ1) is 10.3. The van der Waals surface area contributed by atoms with Crippen LogP contribution in [0.2, 0.25) is 0 Å². The molecule has 4 heteroatoms. The average Bonchev–Trinajstić information content (AvgIpc) is 2.52. The minimum Gasteiger partial charge on any atom is -0.463 e. The maximum absolute atomic E-state index is 11.5. The predicted octanol–water partition coefficient (Wildman–Crippen LogP) is 3.44. The third-order valence-corrected chi connectivity index (χ3v) is 3.97. The molecule has 0 saturated carbocycles. The number of unbranched alkanes of at least 4 members (excludes halogenated alkanes) is 6. The van der Waals surface area contributed by atoms with Gasteiger partial charge >= 0.3 is 5.97 Å². The van der Waals surface area contributed by atoms with E-state index in [2.05, 4.69) is 12.2 Å². The highest BCUT2D eigenvalue weighted by Gasteiger charge is 2.13. The minimum absolute atomic E-state index is 0.0718. The molecule has 1 heterocycles. The molecule has 0 amide bonds. The van der Waals surface area contributed by atoms with Crippen LogP contribution in [0.15, 0.2) is 0 Å². The Morgan fingerprint density at radius 3 is 2.38 bits per heavy atom. The van der Waals surface area contributed by atoms with Gasteiger partial charge in [0.15, 0.2) is 0 Å². The zero-order valence-corrected chi connectivity index (χ0v) is 13.7. The van der Waals surface area contributed by atoms with Crippen LogP contribution in [-0.4, -0.2) is 38.4 Å². The molecule has 0 spiro atoms. The van der Waals surface area contributed by atoms with Crippen molar-refractivity contribution in [3.8, 4) is 0 Å². The molecule has 0 aromatic rings. The fourth-order valence-electron chi connectivity index (χ4n) is 2.63. The Balaban J connectivity index is 1.82. The molecule has 1 aliphatic rings. The summed E-state index contributed by atoms with van der Waals surface area (Å²) >= 11 is 0. The summed E-state index contributed by atoms with van der Waals surface area (Å²) in [5.41, 5.74) is 0. The van der Waals surface area contributed by atoms with Gasteiger partial charge in [-0.15, -0.1) is 0 Å². The number of piperidine rings is 1. The van der Waals surface area contributed by atoms with Crippen LogP contribution in [0.4, 0.5) is 0 Å². The van der Waals surface area contributed by atoms with Crippen molar-refractivity contribution in [2.24, 2.45) is 0 Å². The summed E-state index contributed by atoms with van der Waals surface area (Å²) in [5.74, 6) is -0.0718. The maximum Gasteiger partial charge on any atom is 0.305 e. The first kappa shape index (κ1) is 18.4. The van der Waals surface area contributed by atoms with Gasteiger partial charge in [-0.2, -0.15) is 0 Å². The monoisotopic (exact) mass is 299 g/mol. The van der Waals surface area contributed by atoms with Crippen molar-refractivity contribution in [3.63, 3.8) is 0 Å². The Bertz CT molecular complexity index is 252. The molecule has 0 aromatic carbocycles. The van der Waals surface area contributed by atoms with Gasteiger partial charge in [-0.1, -0.05) is 45.4 Å². The minimum atomic E-state index is -0.0718. The first-order valence-corrected chi connectivity index (χ1v) is 8.81. The third kappa shape index (κ3) is 10.7. The van der Waals surface area contributed by atoms with Crippen molar-refractivity contribution in [1.29, 1.82) is 0 Å². The molecule has 0 aromatic heterocycles. The molecule has 1 rings (SSSR count). The smallest absolute Gasteiger partial charge is 0.305 e. The van der Waals surface area contributed by atoms with E-state index in [0.717, 1.165) is 38.8 Å². The lowest BCUT2D eigenvalue weighted by Gasteiger charge is -2.22. The van der Waals surface area contributed by atoms with Crippen molar-refractivity contribution in [2.75, 3.05) is 26.3 Å². The molecule has 1 aliphatic heterocycles. The second kappa shape index (κ2) is 13.1. The zero-order chi connectivity index (χ0) is 15.2. The molecular formula is C17H33NO3. The summed E-state index contributed by atoms with van der Waals surface area (Å²) in [6.45, 7) is 5.23. The highest BCUT2D eigenvalue weighted by molar-refractivity contribution is 5.69. The van der Waals surface area contributed by atoms with Crippen molar-refractivity contribution < 1.29 is 14.3 Å². The van der Waals surface area contributed by atoms with Crippen LogP contribution in [0.5, 0.6) is 0 Å². The molecule has 0 radical (unpaired) electrons. The van der Waals surface area contributed by atoms with Gasteiger partial charge in [0.2, 0.25) is 0 Å². The first-order valence-electron chi connectivity index (χ1n) is 8.81. The lowest BCUT2D eigenvalue weighted by Crippen LogP contribution is -2.33. The van der Waals surface area contributed by atoms with Crippen molar-refractivity contribution in [1.82, 2.24) is 5.32 Å². The Kier molecular flexibility index (Phi) is 11.5. The van der Waals surface area contributed by atoms with E-state index < -0.39 is 0 Å². The molecule has 1 fully saturated rings. The Morgan fingerprint density at radius 1 is 1.00 bits per heavy atom. The van der Waals surface area contributed by atoms with Crippen LogP contribution in [0.3, 0.4) is 0 Å². The van der Waals surface area contributed by atoms with E-state index in [0.29, 0.717) is 25.7 Å². The number of carbonyl (C=O) groups is 1. The Hall–Kier alpha value is -0.610. The average molecular weight is 299 g/mol. The lowest BCUT2D eigenvalue weighted by molar-refractivity contribution is -0.146. The van der Waals surface area contributed by atoms with Gasteiger partial charge in [0.25, 0.3) is 0 Å². The molecule has 0 aliphatic carbocycles. The summed E-state index contributed by atoms with van der Waals surface area (Å²) < 4.78 is 10.9. The van der Waals surface area contributed by atoms with E-state index >= 15 is 0 Å². The zero-order valence-electron chi connectivity index (χ0n) is 13.7. The van der Waals surface area contributed by atoms with Gasteiger partial charge < -0.3 is 14.8 Å². The third-order valence-electron chi connectivity index (χ3n) is 3.97. The van der Waals surface area contributed by atoms with Crippen LogP contribution in [0.25, 0.3) is 0 Å². The second-order valence-electron chi connectivity index (χ2n) is 5.91. The van der Waals surface area contributed by atoms with E-state index in [1.165, 1.54) is 32.1 Å².